The summed E-state index contributed by atoms with van der Waals surface area (Å²) >= 11 is 0. The first-order chi connectivity index (χ1) is 9.62. The summed E-state index contributed by atoms with van der Waals surface area (Å²) in [6.45, 7) is 3.78. The van der Waals surface area contributed by atoms with Crippen LogP contribution in [-0.4, -0.2) is 18.7 Å². The molecule has 0 aliphatic heterocycles. The van der Waals surface area contributed by atoms with Gasteiger partial charge in [-0.1, -0.05) is 12.1 Å². The normalized spacial score (nSPS) is 27.9. The van der Waals surface area contributed by atoms with E-state index in [9.17, 15) is 9.59 Å². The first kappa shape index (κ1) is 13.1. The minimum Gasteiger partial charge on any atom is -0.497 e. The third kappa shape index (κ3) is 1.65. The van der Waals surface area contributed by atoms with Gasteiger partial charge in [0, 0.05) is 18.4 Å². The average Bonchev–Trinajstić information content (AvgIpc) is 2.68. The molecule has 0 aromatic heterocycles. The summed E-state index contributed by atoms with van der Waals surface area (Å²) in [5, 5.41) is 0. The maximum atomic E-state index is 12.9. The lowest BCUT2D eigenvalue weighted by Crippen LogP contribution is -2.37. The lowest BCUT2D eigenvalue weighted by Gasteiger charge is -2.36. The molecule has 3 heteroatoms. The Labute approximate surface area is 118 Å². The number of allylic oxidation sites excluding steroid dienone is 1. The second-order valence-electron chi connectivity index (χ2n) is 5.74. The van der Waals surface area contributed by atoms with Gasteiger partial charge in [0.1, 0.15) is 11.5 Å². The van der Waals surface area contributed by atoms with Crippen LogP contribution in [0.2, 0.25) is 0 Å². The number of ether oxygens (including phenoxy) is 1. The van der Waals surface area contributed by atoms with E-state index < -0.39 is 5.41 Å². The molecule has 0 bridgehead atoms. The summed E-state index contributed by atoms with van der Waals surface area (Å²) in [6.07, 6.45) is 4.02. The van der Waals surface area contributed by atoms with Crippen LogP contribution in [-0.2, 0) is 4.79 Å². The molecule has 104 valence electrons. The molecule has 3 nitrogen and oxygen atoms in total. The fraction of sp³-hybridized carbons (Fsp3) is 0.412. The molecule has 1 saturated carbocycles. The fourth-order valence-corrected chi connectivity index (χ4v) is 3.83. The Bertz CT molecular complexity index is 602. The number of methoxy groups -OCH3 is 1. The lowest BCUT2D eigenvalue weighted by atomic mass is 9.64. The van der Waals surface area contributed by atoms with Crippen LogP contribution in [0, 0.1) is 5.41 Å². The highest BCUT2D eigenvalue weighted by Crippen LogP contribution is 2.56. The van der Waals surface area contributed by atoms with E-state index in [2.05, 4.69) is 6.58 Å². The van der Waals surface area contributed by atoms with Crippen LogP contribution in [0.1, 0.15) is 47.5 Å². The number of Topliss-reactive ketones (excluding diaryl/α,β-unsaturated/α-hetero) is 2. The number of carbonyl (C=O) groups excluding carboxylic acids is 2. The SMILES string of the molecule is C=CC[C@@]12CC(=O)CC[C@H]1c1ccc(OC)cc1C2=O. The number of fused-ring (bicyclic) bond motifs is 3. The molecule has 0 radical (unpaired) electrons. The molecule has 0 N–H and O–H groups in total. The molecule has 0 spiro atoms. The zero-order valence-corrected chi connectivity index (χ0v) is 11.6. The van der Waals surface area contributed by atoms with Crippen LogP contribution in [0.25, 0.3) is 0 Å². The molecule has 1 aromatic rings. The van der Waals surface area contributed by atoms with Crippen molar-refractivity contribution in [3.63, 3.8) is 0 Å². The molecule has 3 rings (SSSR count). The van der Waals surface area contributed by atoms with Gasteiger partial charge in [-0.05, 0) is 36.5 Å². The number of hydrogen-bond acceptors (Lipinski definition) is 3. The highest BCUT2D eigenvalue weighted by Gasteiger charge is 2.54. The van der Waals surface area contributed by atoms with Gasteiger partial charge in [-0.3, -0.25) is 9.59 Å². The molecular formula is C17H18O3. The third-order valence-corrected chi connectivity index (χ3v) is 4.73. The number of ketones is 2. The van der Waals surface area contributed by atoms with E-state index in [4.69, 9.17) is 4.74 Å². The van der Waals surface area contributed by atoms with Gasteiger partial charge in [-0.15, -0.1) is 6.58 Å². The molecule has 2 aliphatic rings. The first-order valence-corrected chi connectivity index (χ1v) is 6.97. The molecule has 2 aliphatic carbocycles. The van der Waals surface area contributed by atoms with Crippen molar-refractivity contribution < 1.29 is 14.3 Å². The van der Waals surface area contributed by atoms with E-state index in [0.29, 0.717) is 25.0 Å². The van der Waals surface area contributed by atoms with Crippen molar-refractivity contribution in [3.05, 3.63) is 42.0 Å². The molecule has 0 heterocycles. The predicted octanol–water partition coefficient (Wildman–Crippen LogP) is 3.29. The van der Waals surface area contributed by atoms with E-state index in [1.54, 1.807) is 13.2 Å². The van der Waals surface area contributed by atoms with Gasteiger partial charge in [0.25, 0.3) is 0 Å². The van der Waals surface area contributed by atoms with Crippen molar-refractivity contribution in [2.75, 3.05) is 7.11 Å². The maximum absolute atomic E-state index is 12.9. The van der Waals surface area contributed by atoms with Crippen molar-refractivity contribution >= 4 is 11.6 Å². The Kier molecular flexibility index (Phi) is 3.00. The van der Waals surface area contributed by atoms with Crippen molar-refractivity contribution in [2.45, 2.75) is 31.6 Å². The Morgan fingerprint density at radius 1 is 1.45 bits per heavy atom. The van der Waals surface area contributed by atoms with Gasteiger partial charge in [-0.2, -0.15) is 0 Å². The van der Waals surface area contributed by atoms with Gasteiger partial charge in [0.15, 0.2) is 5.78 Å². The van der Waals surface area contributed by atoms with E-state index in [-0.39, 0.29) is 17.5 Å². The molecule has 0 unspecified atom stereocenters. The maximum Gasteiger partial charge on any atom is 0.170 e. The highest BCUT2D eigenvalue weighted by molar-refractivity contribution is 6.09. The number of hydrogen-bond donors (Lipinski definition) is 0. The van der Waals surface area contributed by atoms with Crippen molar-refractivity contribution in [1.82, 2.24) is 0 Å². The van der Waals surface area contributed by atoms with E-state index in [0.717, 1.165) is 17.5 Å². The molecule has 0 amide bonds. The minimum atomic E-state index is -0.591. The Morgan fingerprint density at radius 3 is 2.95 bits per heavy atom. The van der Waals surface area contributed by atoms with Crippen LogP contribution in [0.4, 0.5) is 0 Å². The summed E-state index contributed by atoms with van der Waals surface area (Å²) in [5.74, 6) is 1.11. The zero-order valence-electron chi connectivity index (χ0n) is 11.6. The summed E-state index contributed by atoms with van der Waals surface area (Å²) in [6, 6.07) is 5.69. The summed E-state index contributed by atoms with van der Waals surface area (Å²) in [5.41, 5.74) is 1.21. The first-order valence-electron chi connectivity index (χ1n) is 6.97. The quantitative estimate of drug-likeness (QED) is 0.792. The second-order valence-corrected chi connectivity index (χ2v) is 5.74. The van der Waals surface area contributed by atoms with Crippen molar-refractivity contribution in [2.24, 2.45) is 5.41 Å². The topological polar surface area (TPSA) is 43.4 Å². The smallest absolute Gasteiger partial charge is 0.170 e. The van der Waals surface area contributed by atoms with Crippen LogP contribution in [0.3, 0.4) is 0 Å². The third-order valence-electron chi connectivity index (χ3n) is 4.73. The van der Waals surface area contributed by atoms with Crippen molar-refractivity contribution in [1.29, 1.82) is 0 Å². The summed E-state index contributed by atoms with van der Waals surface area (Å²) in [7, 11) is 1.59. The van der Waals surface area contributed by atoms with E-state index in [1.165, 1.54) is 0 Å². The summed E-state index contributed by atoms with van der Waals surface area (Å²) in [4.78, 5) is 24.8. The molecular weight excluding hydrogens is 252 g/mol. The largest absolute Gasteiger partial charge is 0.497 e. The second kappa shape index (κ2) is 4.58. The number of carbonyl (C=O) groups is 2. The standard InChI is InChI=1S/C17H18O3/c1-3-8-17-10-11(18)4-7-15(17)13-6-5-12(20-2)9-14(13)16(17)19/h3,5-6,9,15H,1,4,7-8,10H2,2H3/t15-,17+/m0/s1. The number of benzene rings is 1. The van der Waals surface area contributed by atoms with Gasteiger partial charge in [0.2, 0.25) is 0 Å². The Morgan fingerprint density at radius 2 is 2.25 bits per heavy atom. The van der Waals surface area contributed by atoms with Crippen LogP contribution < -0.4 is 4.74 Å². The molecule has 20 heavy (non-hydrogen) atoms. The highest BCUT2D eigenvalue weighted by atomic mass is 16.5. The fourth-order valence-electron chi connectivity index (χ4n) is 3.83. The van der Waals surface area contributed by atoms with E-state index >= 15 is 0 Å². The van der Waals surface area contributed by atoms with Gasteiger partial charge < -0.3 is 4.74 Å². The van der Waals surface area contributed by atoms with Gasteiger partial charge in [0.05, 0.1) is 12.5 Å². The summed E-state index contributed by atoms with van der Waals surface area (Å²) < 4.78 is 5.22. The molecule has 2 atom stereocenters. The van der Waals surface area contributed by atoms with Crippen LogP contribution >= 0.6 is 0 Å². The lowest BCUT2D eigenvalue weighted by molar-refractivity contribution is -0.123. The van der Waals surface area contributed by atoms with Gasteiger partial charge >= 0.3 is 0 Å². The zero-order chi connectivity index (χ0) is 14.3. The Balaban J connectivity index is 2.14. The molecule has 1 aromatic carbocycles. The van der Waals surface area contributed by atoms with Crippen LogP contribution in [0.15, 0.2) is 30.9 Å². The Hall–Kier alpha value is -1.90. The number of rotatable bonds is 3. The average molecular weight is 270 g/mol. The monoisotopic (exact) mass is 270 g/mol. The van der Waals surface area contributed by atoms with Crippen molar-refractivity contribution in [3.8, 4) is 5.75 Å². The molecule has 0 saturated heterocycles. The molecule has 1 fully saturated rings. The predicted molar refractivity (Wildman–Crippen MR) is 76.2 cm³/mol. The van der Waals surface area contributed by atoms with E-state index in [1.807, 2.05) is 18.2 Å². The van der Waals surface area contributed by atoms with Crippen LogP contribution in [0.5, 0.6) is 5.75 Å². The minimum absolute atomic E-state index is 0.0874. The van der Waals surface area contributed by atoms with Gasteiger partial charge in [-0.25, -0.2) is 0 Å².